The Morgan fingerprint density at radius 3 is 2.69 bits per heavy atom. The highest BCUT2D eigenvalue weighted by Gasteiger charge is 2.17. The number of hydrogen-bond donors (Lipinski definition) is 2. The Labute approximate surface area is 102 Å². The van der Waals surface area contributed by atoms with Crippen molar-refractivity contribution in [3.8, 4) is 0 Å². The summed E-state index contributed by atoms with van der Waals surface area (Å²) in [6.45, 7) is 0.779. The normalized spacial score (nSPS) is 12.6. The molecular weight excluding hydrogens is 270 g/mol. The van der Waals surface area contributed by atoms with Crippen molar-refractivity contribution in [3.05, 3.63) is 40.1 Å². The van der Waals surface area contributed by atoms with Crippen LogP contribution in [-0.2, 0) is 0 Å². The fraction of sp³-hybridized carbons (Fsp3) is 0.300. The molecule has 16 heavy (non-hydrogen) atoms. The first-order valence-electron chi connectivity index (χ1n) is 4.94. The van der Waals surface area contributed by atoms with Gasteiger partial charge in [0.1, 0.15) is 0 Å². The molecule has 0 aliphatic heterocycles. The fourth-order valence-electron chi connectivity index (χ4n) is 1.57. The number of nitrogens with one attached hydrogen (secondary N) is 2. The number of nitrogens with zero attached hydrogens (tertiary/aromatic N) is 3. The number of aromatic amines is 1. The number of rotatable bonds is 4. The second-order valence-electron chi connectivity index (χ2n) is 3.43. The van der Waals surface area contributed by atoms with E-state index in [-0.39, 0.29) is 5.92 Å². The summed E-state index contributed by atoms with van der Waals surface area (Å²) in [5.41, 5.74) is 1.17. The second kappa shape index (κ2) is 5.18. The van der Waals surface area contributed by atoms with Gasteiger partial charge in [-0.25, -0.2) is 0 Å². The molecule has 0 aliphatic rings. The average Bonchev–Trinajstić information content (AvgIpc) is 2.81. The summed E-state index contributed by atoms with van der Waals surface area (Å²) in [6, 6.07) is 8.14. The SMILES string of the molecule is CNCC(c1ccc(Br)cc1)c1nn[nH]n1. The van der Waals surface area contributed by atoms with Crippen LogP contribution in [0, 0.1) is 0 Å². The van der Waals surface area contributed by atoms with Crippen molar-refractivity contribution in [2.24, 2.45) is 0 Å². The molecule has 0 saturated heterocycles. The monoisotopic (exact) mass is 281 g/mol. The topological polar surface area (TPSA) is 66.5 Å². The van der Waals surface area contributed by atoms with Crippen molar-refractivity contribution in [2.75, 3.05) is 13.6 Å². The third-order valence-electron chi connectivity index (χ3n) is 2.35. The zero-order valence-electron chi connectivity index (χ0n) is 8.81. The molecule has 1 unspecified atom stereocenters. The number of likely N-dealkylation sites (N-methyl/N-ethyl adjacent to an activating group) is 1. The highest BCUT2D eigenvalue weighted by Crippen LogP contribution is 2.22. The van der Waals surface area contributed by atoms with Crippen molar-refractivity contribution in [1.82, 2.24) is 25.9 Å². The van der Waals surface area contributed by atoms with Crippen LogP contribution in [-0.4, -0.2) is 34.2 Å². The molecular formula is C10H12BrN5. The number of tetrazole rings is 1. The Morgan fingerprint density at radius 2 is 2.12 bits per heavy atom. The van der Waals surface area contributed by atoms with Crippen LogP contribution < -0.4 is 5.32 Å². The highest BCUT2D eigenvalue weighted by molar-refractivity contribution is 9.10. The van der Waals surface area contributed by atoms with E-state index in [0.29, 0.717) is 5.82 Å². The minimum Gasteiger partial charge on any atom is -0.319 e. The van der Waals surface area contributed by atoms with Crippen LogP contribution in [0.25, 0.3) is 0 Å². The van der Waals surface area contributed by atoms with E-state index in [1.807, 2.05) is 19.2 Å². The second-order valence-corrected chi connectivity index (χ2v) is 4.35. The van der Waals surface area contributed by atoms with E-state index in [4.69, 9.17) is 0 Å². The van der Waals surface area contributed by atoms with Gasteiger partial charge in [-0.2, -0.15) is 5.21 Å². The van der Waals surface area contributed by atoms with Crippen molar-refractivity contribution in [2.45, 2.75) is 5.92 Å². The van der Waals surface area contributed by atoms with Crippen LogP contribution in [0.2, 0.25) is 0 Å². The largest absolute Gasteiger partial charge is 0.319 e. The number of H-pyrrole nitrogens is 1. The minimum atomic E-state index is 0.122. The summed E-state index contributed by atoms with van der Waals surface area (Å²) in [5.74, 6) is 0.827. The van der Waals surface area contributed by atoms with Crippen LogP contribution in [0.5, 0.6) is 0 Å². The van der Waals surface area contributed by atoms with Crippen molar-refractivity contribution < 1.29 is 0 Å². The molecule has 0 amide bonds. The summed E-state index contributed by atoms with van der Waals surface area (Å²) in [5, 5.41) is 17.3. The highest BCUT2D eigenvalue weighted by atomic mass is 79.9. The lowest BCUT2D eigenvalue weighted by Gasteiger charge is -2.12. The average molecular weight is 282 g/mol. The van der Waals surface area contributed by atoms with Crippen LogP contribution in [0.4, 0.5) is 0 Å². The van der Waals surface area contributed by atoms with Crippen molar-refractivity contribution in [1.29, 1.82) is 0 Å². The van der Waals surface area contributed by atoms with Gasteiger partial charge in [-0.3, -0.25) is 0 Å². The van der Waals surface area contributed by atoms with Crippen LogP contribution in [0.15, 0.2) is 28.7 Å². The van der Waals surface area contributed by atoms with Crippen molar-refractivity contribution in [3.63, 3.8) is 0 Å². The van der Waals surface area contributed by atoms with E-state index in [2.05, 4.69) is 54.0 Å². The molecule has 0 saturated carbocycles. The lowest BCUT2D eigenvalue weighted by Crippen LogP contribution is -2.19. The van der Waals surface area contributed by atoms with Gasteiger partial charge in [0.15, 0.2) is 5.82 Å². The molecule has 2 N–H and O–H groups in total. The first kappa shape index (κ1) is 11.2. The van der Waals surface area contributed by atoms with Crippen LogP contribution >= 0.6 is 15.9 Å². The molecule has 2 aromatic rings. The Hall–Kier alpha value is -1.27. The van der Waals surface area contributed by atoms with E-state index in [1.54, 1.807) is 0 Å². The lowest BCUT2D eigenvalue weighted by atomic mass is 9.98. The maximum Gasteiger partial charge on any atom is 0.183 e. The number of benzene rings is 1. The van der Waals surface area contributed by atoms with Gasteiger partial charge in [-0.05, 0) is 24.7 Å². The molecule has 1 atom stereocenters. The van der Waals surface area contributed by atoms with Gasteiger partial charge in [0.2, 0.25) is 0 Å². The summed E-state index contributed by atoms with van der Waals surface area (Å²) < 4.78 is 1.06. The molecule has 1 aromatic heterocycles. The summed E-state index contributed by atoms with van der Waals surface area (Å²) in [4.78, 5) is 0. The Morgan fingerprint density at radius 1 is 1.38 bits per heavy atom. The summed E-state index contributed by atoms with van der Waals surface area (Å²) in [7, 11) is 1.91. The van der Waals surface area contributed by atoms with Gasteiger partial charge in [-0.15, -0.1) is 10.2 Å². The first-order chi connectivity index (χ1) is 7.81. The molecule has 2 rings (SSSR count). The van der Waals surface area contributed by atoms with Gasteiger partial charge in [-0.1, -0.05) is 33.3 Å². The molecule has 0 fully saturated rings. The molecule has 0 spiro atoms. The van der Waals surface area contributed by atoms with Gasteiger partial charge in [0.05, 0.1) is 5.92 Å². The smallest absolute Gasteiger partial charge is 0.183 e. The van der Waals surface area contributed by atoms with E-state index < -0.39 is 0 Å². The van der Waals surface area contributed by atoms with Crippen molar-refractivity contribution >= 4 is 15.9 Å². The molecule has 1 aromatic carbocycles. The molecule has 6 heteroatoms. The molecule has 84 valence electrons. The molecule has 0 aliphatic carbocycles. The molecule has 0 bridgehead atoms. The quantitative estimate of drug-likeness (QED) is 0.887. The zero-order valence-corrected chi connectivity index (χ0v) is 10.4. The number of hydrogen-bond acceptors (Lipinski definition) is 4. The van der Waals surface area contributed by atoms with Gasteiger partial charge >= 0.3 is 0 Å². The molecule has 5 nitrogen and oxygen atoms in total. The zero-order chi connectivity index (χ0) is 11.4. The third kappa shape index (κ3) is 2.45. The number of aromatic nitrogens is 4. The fourth-order valence-corrected chi connectivity index (χ4v) is 1.84. The molecule has 1 heterocycles. The maximum absolute atomic E-state index is 4.04. The Balaban J connectivity index is 2.29. The minimum absolute atomic E-state index is 0.122. The van der Waals surface area contributed by atoms with E-state index in [1.165, 1.54) is 5.56 Å². The Kier molecular flexibility index (Phi) is 3.63. The van der Waals surface area contributed by atoms with E-state index >= 15 is 0 Å². The van der Waals surface area contributed by atoms with Gasteiger partial charge in [0.25, 0.3) is 0 Å². The predicted octanol–water partition coefficient (Wildman–Crippen LogP) is 1.31. The van der Waals surface area contributed by atoms with Crippen LogP contribution in [0.1, 0.15) is 17.3 Å². The first-order valence-corrected chi connectivity index (χ1v) is 5.74. The third-order valence-corrected chi connectivity index (χ3v) is 2.88. The number of halogens is 1. The van der Waals surface area contributed by atoms with Crippen LogP contribution in [0.3, 0.4) is 0 Å². The Bertz CT molecular complexity index is 425. The predicted molar refractivity (Wildman–Crippen MR) is 64.1 cm³/mol. The maximum atomic E-state index is 4.04. The molecule has 0 radical (unpaired) electrons. The van der Waals surface area contributed by atoms with E-state index in [9.17, 15) is 0 Å². The van der Waals surface area contributed by atoms with E-state index in [0.717, 1.165) is 11.0 Å². The van der Waals surface area contributed by atoms with Gasteiger partial charge < -0.3 is 5.32 Å². The summed E-state index contributed by atoms with van der Waals surface area (Å²) >= 11 is 3.42. The summed E-state index contributed by atoms with van der Waals surface area (Å²) in [6.07, 6.45) is 0. The standard InChI is InChI=1S/C10H12BrN5/c1-12-6-9(10-13-15-16-14-10)7-2-4-8(11)5-3-7/h2-5,9,12H,6H2,1H3,(H,13,14,15,16). The van der Waals surface area contributed by atoms with Gasteiger partial charge in [0, 0.05) is 11.0 Å². The lowest BCUT2D eigenvalue weighted by molar-refractivity contribution is 0.672.